The third kappa shape index (κ3) is 3.49. The van der Waals surface area contributed by atoms with Gasteiger partial charge in [0.2, 0.25) is 5.88 Å². The summed E-state index contributed by atoms with van der Waals surface area (Å²) in [5.41, 5.74) is 0.0866. The molecule has 2 aromatic heterocycles. The van der Waals surface area contributed by atoms with E-state index < -0.39 is 0 Å². The van der Waals surface area contributed by atoms with E-state index in [0.29, 0.717) is 5.92 Å². The maximum Gasteiger partial charge on any atom is 0.258 e. The van der Waals surface area contributed by atoms with Crippen LogP contribution in [0, 0.1) is 5.92 Å². The minimum Gasteiger partial charge on any atom is -0.493 e. The van der Waals surface area contributed by atoms with Crippen LogP contribution in [-0.4, -0.2) is 36.8 Å². The molecule has 7 heteroatoms. The molecule has 2 aromatic rings. The van der Waals surface area contributed by atoms with E-state index in [1.54, 1.807) is 18.5 Å². The van der Waals surface area contributed by atoms with Gasteiger partial charge < -0.3 is 10.4 Å². The molecule has 0 spiro atoms. The summed E-state index contributed by atoms with van der Waals surface area (Å²) in [6.45, 7) is 2.02. The van der Waals surface area contributed by atoms with Crippen LogP contribution in [0.3, 0.4) is 0 Å². The second-order valence-corrected chi connectivity index (χ2v) is 6.02. The SMILES string of the molecule is C[C@@H](NC(=O)c1cnc(-n2cccn2)nc1O)C1CCCCC1. The average Bonchev–Trinajstić information content (AvgIpc) is 3.10. The molecule has 2 heterocycles. The molecule has 0 aromatic carbocycles. The molecule has 1 aliphatic carbocycles. The maximum absolute atomic E-state index is 12.3. The molecule has 0 unspecified atom stereocenters. The van der Waals surface area contributed by atoms with Crippen LogP contribution in [0.4, 0.5) is 0 Å². The molecule has 122 valence electrons. The Bertz CT molecular complexity index is 665. The van der Waals surface area contributed by atoms with Crippen molar-refractivity contribution >= 4 is 5.91 Å². The number of hydrogen-bond acceptors (Lipinski definition) is 5. The first kappa shape index (κ1) is 15.5. The number of carbonyl (C=O) groups is 1. The molecule has 1 aliphatic rings. The van der Waals surface area contributed by atoms with Gasteiger partial charge in [0.15, 0.2) is 0 Å². The molecule has 2 N–H and O–H groups in total. The van der Waals surface area contributed by atoms with Gasteiger partial charge in [-0.2, -0.15) is 10.1 Å². The number of nitrogens with one attached hydrogen (secondary N) is 1. The summed E-state index contributed by atoms with van der Waals surface area (Å²) in [6.07, 6.45) is 10.6. The molecule has 1 amide bonds. The van der Waals surface area contributed by atoms with E-state index in [0.717, 1.165) is 12.8 Å². The van der Waals surface area contributed by atoms with Gasteiger partial charge in [0.05, 0.1) is 0 Å². The van der Waals surface area contributed by atoms with Crippen LogP contribution in [0.5, 0.6) is 5.88 Å². The Hall–Kier alpha value is -2.44. The first-order chi connectivity index (χ1) is 11.1. The highest BCUT2D eigenvalue weighted by molar-refractivity contribution is 5.96. The summed E-state index contributed by atoms with van der Waals surface area (Å²) in [6, 6.07) is 1.81. The van der Waals surface area contributed by atoms with Gasteiger partial charge in [0.25, 0.3) is 11.9 Å². The highest BCUT2D eigenvalue weighted by atomic mass is 16.3. The van der Waals surface area contributed by atoms with Gasteiger partial charge in [0, 0.05) is 24.6 Å². The molecule has 0 bridgehead atoms. The zero-order valence-electron chi connectivity index (χ0n) is 13.1. The molecule has 1 atom stereocenters. The molecule has 7 nitrogen and oxygen atoms in total. The largest absolute Gasteiger partial charge is 0.493 e. The van der Waals surface area contributed by atoms with Crippen molar-refractivity contribution in [3.63, 3.8) is 0 Å². The molecule has 1 saturated carbocycles. The summed E-state index contributed by atoms with van der Waals surface area (Å²) < 4.78 is 1.42. The van der Waals surface area contributed by atoms with E-state index in [1.807, 2.05) is 6.92 Å². The fourth-order valence-electron chi connectivity index (χ4n) is 3.06. The first-order valence-corrected chi connectivity index (χ1v) is 8.02. The van der Waals surface area contributed by atoms with Gasteiger partial charge in [-0.3, -0.25) is 4.79 Å². The summed E-state index contributed by atoms with van der Waals surface area (Å²) in [5, 5.41) is 17.0. The first-order valence-electron chi connectivity index (χ1n) is 8.02. The lowest BCUT2D eigenvalue weighted by molar-refractivity contribution is 0.0915. The summed E-state index contributed by atoms with van der Waals surface area (Å²) in [4.78, 5) is 20.4. The van der Waals surface area contributed by atoms with E-state index in [1.165, 1.54) is 30.1 Å². The lowest BCUT2D eigenvalue weighted by atomic mass is 9.84. The van der Waals surface area contributed by atoms with Gasteiger partial charge in [-0.15, -0.1) is 0 Å². The third-order valence-electron chi connectivity index (χ3n) is 4.43. The zero-order valence-corrected chi connectivity index (χ0v) is 13.1. The lowest BCUT2D eigenvalue weighted by Gasteiger charge is -2.28. The van der Waals surface area contributed by atoms with E-state index >= 15 is 0 Å². The van der Waals surface area contributed by atoms with Crippen molar-refractivity contribution in [2.24, 2.45) is 5.92 Å². The molecule has 0 saturated heterocycles. The van der Waals surface area contributed by atoms with Crippen molar-refractivity contribution in [2.45, 2.75) is 45.1 Å². The Morgan fingerprint density at radius 2 is 2.17 bits per heavy atom. The number of aromatic nitrogens is 4. The van der Waals surface area contributed by atoms with Crippen LogP contribution in [0.25, 0.3) is 5.95 Å². The fourth-order valence-corrected chi connectivity index (χ4v) is 3.06. The van der Waals surface area contributed by atoms with Crippen LogP contribution in [0.15, 0.2) is 24.7 Å². The Morgan fingerprint density at radius 3 is 2.83 bits per heavy atom. The van der Waals surface area contributed by atoms with Gasteiger partial charge in [-0.05, 0) is 31.7 Å². The Morgan fingerprint density at radius 1 is 1.39 bits per heavy atom. The van der Waals surface area contributed by atoms with Gasteiger partial charge in [-0.1, -0.05) is 19.3 Å². The molecular weight excluding hydrogens is 294 g/mol. The monoisotopic (exact) mass is 315 g/mol. The Balaban J connectivity index is 1.69. The molecule has 0 radical (unpaired) electrons. The van der Waals surface area contributed by atoms with E-state index in [4.69, 9.17) is 0 Å². The Labute approximate surface area is 134 Å². The minimum absolute atomic E-state index is 0.0768. The van der Waals surface area contributed by atoms with Crippen LogP contribution >= 0.6 is 0 Å². The second-order valence-electron chi connectivity index (χ2n) is 6.02. The fraction of sp³-hybridized carbons (Fsp3) is 0.500. The smallest absolute Gasteiger partial charge is 0.258 e. The standard InChI is InChI=1S/C16H21N5O2/c1-11(12-6-3-2-4-7-12)19-14(22)13-10-17-16(20-15(13)23)21-9-5-8-18-21/h5,8-12H,2-4,6-7H2,1H3,(H,19,22)(H,17,20,23)/t11-/m1/s1. The van der Waals surface area contributed by atoms with E-state index in [9.17, 15) is 9.90 Å². The average molecular weight is 315 g/mol. The number of aromatic hydroxyl groups is 1. The van der Waals surface area contributed by atoms with Crippen LogP contribution in [0.2, 0.25) is 0 Å². The van der Waals surface area contributed by atoms with Crippen LogP contribution in [0.1, 0.15) is 49.4 Å². The lowest BCUT2D eigenvalue weighted by Crippen LogP contribution is -2.39. The summed E-state index contributed by atoms with van der Waals surface area (Å²) in [7, 11) is 0. The molecule has 0 aliphatic heterocycles. The molecule has 3 rings (SSSR count). The van der Waals surface area contributed by atoms with Crippen LogP contribution < -0.4 is 5.32 Å². The quantitative estimate of drug-likeness (QED) is 0.901. The topological polar surface area (TPSA) is 92.9 Å². The molecule has 1 fully saturated rings. The second kappa shape index (κ2) is 6.76. The highest BCUT2D eigenvalue weighted by Gasteiger charge is 2.23. The van der Waals surface area contributed by atoms with E-state index in [2.05, 4.69) is 20.4 Å². The predicted molar refractivity (Wildman–Crippen MR) is 84.3 cm³/mol. The number of amides is 1. The van der Waals surface area contributed by atoms with Gasteiger partial charge in [-0.25, -0.2) is 9.67 Å². The number of rotatable bonds is 4. The highest BCUT2D eigenvalue weighted by Crippen LogP contribution is 2.26. The number of hydrogen-bond donors (Lipinski definition) is 2. The van der Waals surface area contributed by atoms with Gasteiger partial charge >= 0.3 is 0 Å². The molecular formula is C16H21N5O2. The van der Waals surface area contributed by atoms with E-state index in [-0.39, 0.29) is 29.3 Å². The Kier molecular flexibility index (Phi) is 4.55. The summed E-state index contributed by atoms with van der Waals surface area (Å²) in [5.74, 6) is 0.0509. The van der Waals surface area contributed by atoms with Crippen LogP contribution in [-0.2, 0) is 0 Å². The minimum atomic E-state index is -0.340. The zero-order chi connectivity index (χ0) is 16.2. The van der Waals surface area contributed by atoms with Crippen molar-refractivity contribution < 1.29 is 9.90 Å². The van der Waals surface area contributed by atoms with Crippen molar-refractivity contribution in [3.8, 4) is 11.8 Å². The maximum atomic E-state index is 12.3. The number of carbonyl (C=O) groups excluding carboxylic acids is 1. The third-order valence-corrected chi connectivity index (χ3v) is 4.43. The molecule has 23 heavy (non-hydrogen) atoms. The van der Waals surface area contributed by atoms with Crippen molar-refractivity contribution in [1.82, 2.24) is 25.1 Å². The normalized spacial score (nSPS) is 16.9. The van der Waals surface area contributed by atoms with Gasteiger partial charge in [0.1, 0.15) is 5.56 Å². The summed E-state index contributed by atoms with van der Waals surface area (Å²) >= 11 is 0. The van der Waals surface area contributed by atoms with Crippen molar-refractivity contribution in [3.05, 3.63) is 30.2 Å². The van der Waals surface area contributed by atoms with Crippen molar-refractivity contribution in [2.75, 3.05) is 0 Å². The predicted octanol–water partition coefficient (Wildman–Crippen LogP) is 2.07. The van der Waals surface area contributed by atoms with Crippen molar-refractivity contribution in [1.29, 1.82) is 0 Å². The number of nitrogens with zero attached hydrogens (tertiary/aromatic N) is 4.